The molecule has 2 rings (SSSR count). The number of carbonyl (C=O) groups is 2. The molecule has 0 bridgehead atoms. The van der Waals surface area contributed by atoms with Gasteiger partial charge in [-0.1, -0.05) is 24.3 Å². The maximum Gasteiger partial charge on any atom is 0.337 e. The van der Waals surface area contributed by atoms with Crippen LogP contribution in [0.25, 0.3) is 0 Å². The molecule has 0 aliphatic rings. The number of hydrogen-bond acceptors (Lipinski definition) is 4. The molecule has 0 spiro atoms. The number of methoxy groups -OCH3 is 1. The summed E-state index contributed by atoms with van der Waals surface area (Å²) in [5, 5.41) is 9.37. The topological polar surface area (TPSA) is 63.6 Å². The van der Waals surface area contributed by atoms with Crippen molar-refractivity contribution in [3.8, 4) is 5.75 Å². The van der Waals surface area contributed by atoms with Gasteiger partial charge in [0.15, 0.2) is 5.78 Å². The average Bonchev–Trinajstić information content (AvgIpc) is 2.52. The van der Waals surface area contributed by atoms with Crippen LogP contribution in [0.15, 0.2) is 48.5 Å². The highest BCUT2D eigenvalue weighted by Gasteiger charge is 2.09. The van der Waals surface area contributed by atoms with E-state index in [1.165, 1.54) is 19.2 Å². The van der Waals surface area contributed by atoms with Crippen molar-refractivity contribution in [2.24, 2.45) is 0 Å². The second-order valence-corrected chi connectivity index (χ2v) is 4.67. The van der Waals surface area contributed by atoms with E-state index in [1.807, 2.05) is 6.07 Å². The summed E-state index contributed by atoms with van der Waals surface area (Å²) in [6.07, 6.45) is 0.841. The average molecular weight is 284 g/mol. The molecule has 4 heteroatoms. The summed E-state index contributed by atoms with van der Waals surface area (Å²) in [4.78, 5) is 23.5. The first-order chi connectivity index (χ1) is 10.1. The van der Waals surface area contributed by atoms with Crippen molar-refractivity contribution in [3.05, 3.63) is 65.2 Å². The van der Waals surface area contributed by atoms with E-state index >= 15 is 0 Å². The predicted molar refractivity (Wildman–Crippen MR) is 78.5 cm³/mol. The van der Waals surface area contributed by atoms with E-state index in [4.69, 9.17) is 0 Å². The van der Waals surface area contributed by atoms with E-state index < -0.39 is 5.97 Å². The lowest BCUT2D eigenvalue weighted by molar-refractivity contribution is 0.0600. The van der Waals surface area contributed by atoms with E-state index in [2.05, 4.69) is 4.74 Å². The number of benzene rings is 2. The van der Waals surface area contributed by atoms with Crippen LogP contribution in [-0.2, 0) is 11.2 Å². The normalized spacial score (nSPS) is 10.1. The number of ether oxygens (including phenoxy) is 1. The Balaban J connectivity index is 2.03. The number of phenolic OH excluding ortho intramolecular Hbond substituents is 1. The van der Waals surface area contributed by atoms with Gasteiger partial charge in [0, 0.05) is 12.0 Å². The fraction of sp³-hybridized carbons (Fsp3) is 0.176. The maximum atomic E-state index is 12.0. The molecular formula is C17H16O4. The number of esters is 1. The zero-order chi connectivity index (χ0) is 15.2. The van der Waals surface area contributed by atoms with Gasteiger partial charge in [0.2, 0.25) is 0 Å². The van der Waals surface area contributed by atoms with Crippen LogP contribution in [0, 0.1) is 0 Å². The summed E-state index contributed by atoms with van der Waals surface area (Å²) in [6, 6.07) is 13.3. The van der Waals surface area contributed by atoms with E-state index in [0.29, 0.717) is 24.0 Å². The number of hydrogen-bond donors (Lipinski definition) is 1. The Morgan fingerprint density at radius 2 is 1.76 bits per heavy atom. The maximum absolute atomic E-state index is 12.0. The van der Waals surface area contributed by atoms with Crippen LogP contribution in [0.3, 0.4) is 0 Å². The molecule has 0 unspecified atom stereocenters. The second-order valence-electron chi connectivity index (χ2n) is 4.67. The van der Waals surface area contributed by atoms with Crippen LogP contribution in [0.5, 0.6) is 5.75 Å². The van der Waals surface area contributed by atoms with Gasteiger partial charge in [-0.15, -0.1) is 0 Å². The van der Waals surface area contributed by atoms with Crippen molar-refractivity contribution >= 4 is 11.8 Å². The lowest BCUT2D eigenvalue weighted by atomic mass is 10.0. The van der Waals surface area contributed by atoms with Gasteiger partial charge in [0.1, 0.15) is 5.75 Å². The van der Waals surface area contributed by atoms with Gasteiger partial charge in [-0.25, -0.2) is 4.79 Å². The van der Waals surface area contributed by atoms with Crippen LogP contribution >= 0.6 is 0 Å². The summed E-state index contributed by atoms with van der Waals surface area (Å²) in [6.45, 7) is 0. The minimum Gasteiger partial charge on any atom is -0.508 e. The lowest BCUT2D eigenvalue weighted by Crippen LogP contribution is -2.04. The standard InChI is InChI=1S/C17H16O4/c1-21-17(20)14-6-2-4-12(10-14)8-9-16(19)13-5-3-7-15(18)11-13/h2-7,10-11,18H,8-9H2,1H3. The first kappa shape index (κ1) is 14.8. The summed E-state index contributed by atoms with van der Waals surface area (Å²) in [5.74, 6) is -0.362. The Hall–Kier alpha value is -2.62. The molecule has 0 saturated carbocycles. The van der Waals surface area contributed by atoms with Crippen molar-refractivity contribution in [3.63, 3.8) is 0 Å². The first-order valence-electron chi connectivity index (χ1n) is 6.59. The third kappa shape index (κ3) is 3.92. The van der Waals surface area contributed by atoms with Crippen molar-refractivity contribution in [2.75, 3.05) is 7.11 Å². The number of aryl methyl sites for hydroxylation is 1. The third-order valence-electron chi connectivity index (χ3n) is 3.16. The summed E-state index contributed by atoms with van der Waals surface area (Å²) in [5.41, 5.74) is 1.85. The number of phenols is 1. The Bertz CT molecular complexity index is 661. The van der Waals surface area contributed by atoms with Crippen LogP contribution < -0.4 is 0 Å². The molecule has 0 heterocycles. The molecule has 0 aliphatic carbocycles. The minimum atomic E-state index is -0.392. The van der Waals surface area contributed by atoms with E-state index in [9.17, 15) is 14.7 Å². The van der Waals surface area contributed by atoms with Gasteiger partial charge in [0.25, 0.3) is 0 Å². The second kappa shape index (κ2) is 6.70. The van der Waals surface area contributed by atoms with Gasteiger partial charge in [-0.05, 0) is 36.2 Å². The Morgan fingerprint density at radius 3 is 2.48 bits per heavy atom. The van der Waals surface area contributed by atoms with Gasteiger partial charge in [0.05, 0.1) is 12.7 Å². The summed E-state index contributed by atoms with van der Waals surface area (Å²) in [7, 11) is 1.33. The fourth-order valence-electron chi connectivity index (χ4n) is 2.05. The van der Waals surface area contributed by atoms with E-state index in [1.54, 1.807) is 30.3 Å². The molecule has 0 fully saturated rings. The molecule has 0 aromatic heterocycles. The van der Waals surface area contributed by atoms with Crippen molar-refractivity contribution in [1.82, 2.24) is 0 Å². The monoisotopic (exact) mass is 284 g/mol. The molecular weight excluding hydrogens is 268 g/mol. The quantitative estimate of drug-likeness (QED) is 0.677. The lowest BCUT2D eigenvalue weighted by Gasteiger charge is -2.04. The molecule has 0 saturated heterocycles. The van der Waals surface area contributed by atoms with Gasteiger partial charge < -0.3 is 9.84 Å². The van der Waals surface area contributed by atoms with Crippen molar-refractivity contribution in [1.29, 1.82) is 0 Å². The minimum absolute atomic E-state index is 0.0469. The SMILES string of the molecule is COC(=O)c1cccc(CCC(=O)c2cccc(O)c2)c1. The Morgan fingerprint density at radius 1 is 1.05 bits per heavy atom. The van der Waals surface area contributed by atoms with Crippen molar-refractivity contribution in [2.45, 2.75) is 12.8 Å². The number of aromatic hydroxyl groups is 1. The zero-order valence-corrected chi connectivity index (χ0v) is 11.7. The van der Waals surface area contributed by atoms with Crippen LogP contribution in [0.4, 0.5) is 0 Å². The number of ketones is 1. The van der Waals surface area contributed by atoms with Gasteiger partial charge in [-0.3, -0.25) is 4.79 Å². The molecule has 0 aliphatic heterocycles. The smallest absolute Gasteiger partial charge is 0.337 e. The number of carbonyl (C=O) groups excluding carboxylic acids is 2. The highest BCUT2D eigenvalue weighted by molar-refractivity contribution is 5.96. The molecule has 0 amide bonds. The fourth-order valence-corrected chi connectivity index (χ4v) is 2.05. The predicted octanol–water partition coefficient (Wildman–Crippen LogP) is 2.99. The zero-order valence-electron chi connectivity index (χ0n) is 11.7. The Kier molecular flexibility index (Phi) is 4.72. The molecule has 2 aromatic carbocycles. The molecule has 1 N–H and O–H groups in total. The number of Topliss-reactive ketones (excluding diaryl/α,β-unsaturated/α-hetero) is 1. The summed E-state index contributed by atoms with van der Waals surface area (Å²) >= 11 is 0. The number of rotatable bonds is 5. The first-order valence-corrected chi connectivity index (χ1v) is 6.59. The molecule has 0 atom stereocenters. The molecule has 21 heavy (non-hydrogen) atoms. The van der Waals surface area contributed by atoms with Gasteiger partial charge >= 0.3 is 5.97 Å². The Labute approximate surface area is 123 Å². The van der Waals surface area contributed by atoms with Crippen LogP contribution in [0.1, 0.15) is 32.7 Å². The highest BCUT2D eigenvalue weighted by Crippen LogP contribution is 2.15. The van der Waals surface area contributed by atoms with Gasteiger partial charge in [-0.2, -0.15) is 0 Å². The van der Waals surface area contributed by atoms with Crippen LogP contribution in [0.2, 0.25) is 0 Å². The molecule has 0 radical (unpaired) electrons. The van der Waals surface area contributed by atoms with Crippen LogP contribution in [-0.4, -0.2) is 24.0 Å². The van der Waals surface area contributed by atoms with Crippen molar-refractivity contribution < 1.29 is 19.4 Å². The third-order valence-corrected chi connectivity index (χ3v) is 3.16. The summed E-state index contributed by atoms with van der Waals surface area (Å²) < 4.78 is 4.67. The largest absolute Gasteiger partial charge is 0.508 e. The van der Waals surface area contributed by atoms with E-state index in [-0.39, 0.29) is 11.5 Å². The molecule has 4 nitrogen and oxygen atoms in total. The highest BCUT2D eigenvalue weighted by atomic mass is 16.5. The molecule has 108 valence electrons. The van der Waals surface area contributed by atoms with E-state index in [0.717, 1.165) is 5.56 Å². The molecule has 2 aromatic rings.